The van der Waals surface area contributed by atoms with Crippen molar-refractivity contribution in [2.75, 3.05) is 14.2 Å². The molecule has 0 spiro atoms. The van der Waals surface area contributed by atoms with Crippen LogP contribution in [-0.4, -0.2) is 14.2 Å². The second kappa shape index (κ2) is 7.09. The highest BCUT2D eigenvalue weighted by Gasteiger charge is 2.10. The summed E-state index contributed by atoms with van der Waals surface area (Å²) in [7, 11) is 3.08. The van der Waals surface area contributed by atoms with Crippen molar-refractivity contribution in [3.63, 3.8) is 0 Å². The summed E-state index contributed by atoms with van der Waals surface area (Å²) in [6.07, 6.45) is 0. The Morgan fingerprint density at radius 1 is 0.958 bits per heavy atom. The molecule has 124 valence electrons. The minimum absolute atomic E-state index is 0.194. The fraction of sp³-hybridized carbons (Fsp3) is 0.158. The van der Waals surface area contributed by atoms with Crippen molar-refractivity contribution in [1.29, 1.82) is 0 Å². The lowest BCUT2D eigenvalue weighted by molar-refractivity contribution is 0.307. The van der Waals surface area contributed by atoms with Gasteiger partial charge in [0.05, 0.1) is 14.2 Å². The highest BCUT2D eigenvalue weighted by Crippen LogP contribution is 2.31. The molecule has 0 bridgehead atoms. The summed E-state index contributed by atoms with van der Waals surface area (Å²) in [5.41, 5.74) is 0.804. The summed E-state index contributed by atoms with van der Waals surface area (Å²) in [4.78, 5) is 0. The highest BCUT2D eigenvalue weighted by atomic mass is 79.9. The molecular weight excluding hydrogens is 375 g/mol. The maximum Gasteiger partial charge on any atom is 0.166 e. The van der Waals surface area contributed by atoms with E-state index in [9.17, 15) is 4.39 Å². The van der Waals surface area contributed by atoms with Crippen molar-refractivity contribution < 1.29 is 18.6 Å². The molecule has 3 nitrogen and oxygen atoms in total. The van der Waals surface area contributed by atoms with Crippen LogP contribution in [0.25, 0.3) is 10.8 Å². The molecule has 5 heteroatoms. The van der Waals surface area contributed by atoms with Gasteiger partial charge in [0.25, 0.3) is 0 Å². The maximum atomic E-state index is 13.7. The van der Waals surface area contributed by atoms with Gasteiger partial charge in [0.15, 0.2) is 11.6 Å². The number of hydrogen-bond donors (Lipinski definition) is 0. The first-order valence-electron chi connectivity index (χ1n) is 7.34. The third kappa shape index (κ3) is 3.31. The van der Waals surface area contributed by atoms with Crippen LogP contribution in [0.4, 0.5) is 4.39 Å². The van der Waals surface area contributed by atoms with E-state index >= 15 is 0 Å². The molecular formula is C19H16BrFO3. The van der Waals surface area contributed by atoms with Crippen molar-refractivity contribution in [2.45, 2.75) is 6.61 Å². The van der Waals surface area contributed by atoms with Crippen LogP contribution in [0.1, 0.15) is 5.56 Å². The Balaban J connectivity index is 1.88. The summed E-state index contributed by atoms with van der Waals surface area (Å²) < 4.78 is 30.5. The highest BCUT2D eigenvalue weighted by molar-refractivity contribution is 9.10. The van der Waals surface area contributed by atoms with Crippen LogP contribution in [0.15, 0.2) is 53.0 Å². The van der Waals surface area contributed by atoms with Gasteiger partial charge in [0.2, 0.25) is 0 Å². The van der Waals surface area contributed by atoms with Crippen LogP contribution in [0.3, 0.4) is 0 Å². The predicted molar refractivity (Wildman–Crippen MR) is 95.5 cm³/mol. The van der Waals surface area contributed by atoms with Gasteiger partial charge >= 0.3 is 0 Å². The predicted octanol–water partition coefficient (Wildman–Crippen LogP) is 5.34. The molecule has 0 saturated heterocycles. The number of benzene rings is 3. The topological polar surface area (TPSA) is 27.7 Å². The lowest BCUT2D eigenvalue weighted by Crippen LogP contribution is -1.99. The summed E-state index contributed by atoms with van der Waals surface area (Å²) in [6.45, 7) is 0.294. The molecule has 0 radical (unpaired) electrons. The number of hydrogen-bond acceptors (Lipinski definition) is 3. The largest absolute Gasteiger partial charge is 0.497 e. The monoisotopic (exact) mass is 390 g/mol. The Kier molecular flexibility index (Phi) is 4.90. The van der Waals surface area contributed by atoms with E-state index in [2.05, 4.69) is 15.9 Å². The second-order valence-corrected chi connectivity index (χ2v) is 6.06. The fourth-order valence-corrected chi connectivity index (χ4v) is 2.91. The third-order valence-electron chi connectivity index (χ3n) is 3.75. The first-order chi connectivity index (χ1) is 11.6. The molecule has 0 saturated carbocycles. The molecule has 0 aliphatic heterocycles. The zero-order chi connectivity index (χ0) is 17.1. The SMILES string of the molecule is COc1ccc2c(OCc3cc(OC)c(F)cc3Br)cccc2c1. The van der Waals surface area contributed by atoms with Gasteiger partial charge in [-0.2, -0.15) is 0 Å². The van der Waals surface area contributed by atoms with E-state index in [0.29, 0.717) is 11.1 Å². The van der Waals surface area contributed by atoms with Crippen LogP contribution in [0.2, 0.25) is 0 Å². The van der Waals surface area contributed by atoms with Gasteiger partial charge in [0.1, 0.15) is 18.1 Å². The number of halogens is 2. The zero-order valence-electron chi connectivity index (χ0n) is 13.3. The number of fused-ring (bicyclic) bond motifs is 1. The molecule has 0 atom stereocenters. The first kappa shape index (κ1) is 16.6. The molecule has 3 aromatic rings. The molecule has 0 amide bonds. The van der Waals surface area contributed by atoms with E-state index in [4.69, 9.17) is 14.2 Å². The van der Waals surface area contributed by atoms with Gasteiger partial charge in [-0.3, -0.25) is 0 Å². The van der Waals surface area contributed by atoms with Crippen LogP contribution in [0, 0.1) is 5.82 Å². The Morgan fingerprint density at radius 2 is 1.79 bits per heavy atom. The van der Waals surface area contributed by atoms with Crippen molar-refractivity contribution >= 4 is 26.7 Å². The average Bonchev–Trinajstić information content (AvgIpc) is 2.60. The molecule has 0 aliphatic rings. The van der Waals surface area contributed by atoms with Crippen molar-refractivity contribution in [2.24, 2.45) is 0 Å². The molecule has 0 N–H and O–H groups in total. The van der Waals surface area contributed by atoms with Gasteiger partial charge in [-0.25, -0.2) is 4.39 Å². The normalized spacial score (nSPS) is 10.7. The smallest absolute Gasteiger partial charge is 0.166 e. The number of rotatable bonds is 5. The van der Waals surface area contributed by atoms with E-state index in [1.165, 1.54) is 13.2 Å². The number of ether oxygens (including phenoxy) is 3. The van der Waals surface area contributed by atoms with Gasteiger partial charge in [-0.15, -0.1) is 0 Å². The minimum Gasteiger partial charge on any atom is -0.497 e. The van der Waals surface area contributed by atoms with E-state index in [1.54, 1.807) is 13.2 Å². The Morgan fingerprint density at radius 3 is 2.54 bits per heavy atom. The van der Waals surface area contributed by atoms with Gasteiger partial charge < -0.3 is 14.2 Å². The summed E-state index contributed by atoms with van der Waals surface area (Å²) in [5, 5.41) is 2.02. The van der Waals surface area contributed by atoms with Crippen molar-refractivity contribution in [3.8, 4) is 17.2 Å². The summed E-state index contributed by atoms with van der Waals surface area (Å²) in [5.74, 6) is 1.33. The van der Waals surface area contributed by atoms with Crippen molar-refractivity contribution in [3.05, 3.63) is 64.4 Å². The average molecular weight is 391 g/mol. The molecule has 0 fully saturated rings. The van der Waals surface area contributed by atoms with E-state index in [1.807, 2.05) is 36.4 Å². The lowest BCUT2D eigenvalue weighted by atomic mass is 10.1. The van der Waals surface area contributed by atoms with Crippen LogP contribution < -0.4 is 14.2 Å². The van der Waals surface area contributed by atoms with Crippen molar-refractivity contribution in [1.82, 2.24) is 0 Å². The molecule has 0 unspecified atom stereocenters. The first-order valence-corrected chi connectivity index (χ1v) is 8.13. The van der Waals surface area contributed by atoms with E-state index < -0.39 is 5.82 Å². The van der Waals surface area contributed by atoms with Gasteiger partial charge in [-0.05, 0) is 41.8 Å². The van der Waals surface area contributed by atoms with E-state index in [-0.39, 0.29) is 5.75 Å². The molecule has 0 aromatic heterocycles. The summed E-state index contributed by atoms with van der Waals surface area (Å²) >= 11 is 3.36. The molecule has 3 aromatic carbocycles. The van der Waals surface area contributed by atoms with Gasteiger partial charge in [-0.1, -0.05) is 28.1 Å². The zero-order valence-corrected chi connectivity index (χ0v) is 14.9. The minimum atomic E-state index is -0.412. The summed E-state index contributed by atoms with van der Waals surface area (Å²) in [6, 6.07) is 14.7. The molecule has 0 aliphatic carbocycles. The second-order valence-electron chi connectivity index (χ2n) is 5.21. The quantitative estimate of drug-likeness (QED) is 0.588. The standard InChI is InChI=1S/C19H16BrFO3/c1-22-14-6-7-15-12(8-14)4-3-5-18(15)24-11-13-9-19(23-2)17(21)10-16(13)20/h3-10H,11H2,1-2H3. The molecule has 3 rings (SSSR count). The van der Waals surface area contributed by atoms with E-state index in [0.717, 1.165) is 27.8 Å². The maximum absolute atomic E-state index is 13.7. The van der Waals surface area contributed by atoms with Crippen LogP contribution in [-0.2, 0) is 6.61 Å². The van der Waals surface area contributed by atoms with Crippen LogP contribution >= 0.6 is 15.9 Å². The third-order valence-corrected chi connectivity index (χ3v) is 4.49. The molecule has 0 heterocycles. The Hall–Kier alpha value is -2.27. The fourth-order valence-electron chi connectivity index (χ4n) is 2.48. The Labute approximate surface area is 148 Å². The van der Waals surface area contributed by atoms with Gasteiger partial charge in [0, 0.05) is 15.4 Å². The lowest BCUT2D eigenvalue weighted by Gasteiger charge is -2.12. The number of methoxy groups -OCH3 is 2. The van der Waals surface area contributed by atoms with Crippen LogP contribution in [0.5, 0.6) is 17.2 Å². The Bertz CT molecular complexity index is 880. The molecule has 24 heavy (non-hydrogen) atoms.